The molecule has 1 N–H and O–H groups in total. The molecule has 0 aliphatic heterocycles. The number of hydrogen-bond donors (Lipinski definition) is 1. The number of halogens is 3. The lowest BCUT2D eigenvalue weighted by Crippen LogP contribution is -2.38. The Morgan fingerprint density at radius 2 is 1.57 bits per heavy atom. The molecule has 6 nitrogen and oxygen atoms in total. The van der Waals surface area contributed by atoms with Crippen LogP contribution in [0.4, 0.5) is 18.9 Å². The number of hydrogen-bond acceptors (Lipinski definition) is 4. The lowest BCUT2D eigenvalue weighted by atomic mass is 10.2. The molecule has 0 saturated carbocycles. The first-order chi connectivity index (χ1) is 14.1. The number of para-hydroxylation sites is 1. The summed E-state index contributed by atoms with van der Waals surface area (Å²) in [6, 6.07) is 17.4. The van der Waals surface area contributed by atoms with Crippen molar-refractivity contribution in [1.29, 1.82) is 0 Å². The maximum Gasteiger partial charge on any atom is 0.404 e. The van der Waals surface area contributed by atoms with Crippen LogP contribution in [0.2, 0.25) is 0 Å². The Kier molecular flexibility index (Phi) is 6.16. The summed E-state index contributed by atoms with van der Waals surface area (Å²) in [6.07, 6.45) is -2.39. The molecule has 0 fully saturated rings. The zero-order valence-electron chi connectivity index (χ0n) is 15.5. The van der Waals surface area contributed by atoms with Gasteiger partial charge in [0.15, 0.2) is 5.75 Å². The fourth-order valence-electron chi connectivity index (χ4n) is 2.71. The summed E-state index contributed by atoms with van der Waals surface area (Å²) in [6.45, 7) is -0.390. The SMILES string of the molecule is O=S(=O)(CC(F)(F)F)N(Cc1ccc[n+](O)c1)c1ccc(Oc2ccccc2)cc1. The third-order valence-electron chi connectivity index (χ3n) is 3.96. The molecule has 0 unspecified atom stereocenters. The monoisotopic (exact) mass is 439 g/mol. The van der Waals surface area contributed by atoms with Crippen LogP contribution in [0, 0.1) is 0 Å². The van der Waals surface area contributed by atoms with Crippen LogP contribution in [0.15, 0.2) is 79.1 Å². The Balaban J connectivity index is 1.91. The third kappa shape index (κ3) is 5.86. The molecule has 3 aromatic rings. The molecule has 0 radical (unpaired) electrons. The molecule has 0 aliphatic rings. The maximum atomic E-state index is 12.9. The van der Waals surface area contributed by atoms with Crippen LogP contribution in [-0.4, -0.2) is 25.6 Å². The van der Waals surface area contributed by atoms with Crippen molar-refractivity contribution in [2.24, 2.45) is 0 Å². The second kappa shape index (κ2) is 8.62. The predicted octanol–water partition coefficient (Wildman–Crippen LogP) is 3.90. The van der Waals surface area contributed by atoms with Gasteiger partial charge < -0.3 is 4.74 Å². The number of anilines is 1. The van der Waals surface area contributed by atoms with Gasteiger partial charge >= 0.3 is 6.18 Å². The summed E-state index contributed by atoms with van der Waals surface area (Å²) in [5.41, 5.74) is 0.336. The number of pyridine rings is 1. The van der Waals surface area contributed by atoms with Gasteiger partial charge in [0.1, 0.15) is 11.5 Å². The highest BCUT2D eigenvalue weighted by atomic mass is 32.2. The van der Waals surface area contributed by atoms with E-state index in [0.717, 1.165) is 0 Å². The summed E-state index contributed by atoms with van der Waals surface area (Å²) in [7, 11) is -4.74. The van der Waals surface area contributed by atoms with E-state index in [4.69, 9.17) is 4.74 Å². The van der Waals surface area contributed by atoms with Crippen LogP contribution in [-0.2, 0) is 16.6 Å². The van der Waals surface area contributed by atoms with Crippen molar-refractivity contribution in [2.45, 2.75) is 12.7 Å². The molecule has 0 amide bonds. The van der Waals surface area contributed by atoms with Crippen LogP contribution in [0.5, 0.6) is 11.5 Å². The average molecular weight is 439 g/mol. The van der Waals surface area contributed by atoms with Crippen molar-refractivity contribution in [3.63, 3.8) is 0 Å². The van der Waals surface area contributed by atoms with E-state index in [1.54, 1.807) is 24.3 Å². The van der Waals surface area contributed by atoms with E-state index < -0.39 is 28.5 Å². The molecular formula is C20H18F3N2O4S+. The molecule has 0 spiro atoms. The van der Waals surface area contributed by atoms with Crippen molar-refractivity contribution in [3.8, 4) is 11.5 Å². The van der Waals surface area contributed by atoms with Crippen LogP contribution in [0.3, 0.4) is 0 Å². The molecule has 1 aromatic heterocycles. The molecule has 0 bridgehead atoms. The summed E-state index contributed by atoms with van der Waals surface area (Å²) in [4.78, 5) is 0. The molecule has 1 heterocycles. The van der Waals surface area contributed by atoms with E-state index in [1.807, 2.05) is 6.07 Å². The van der Waals surface area contributed by atoms with E-state index in [-0.39, 0.29) is 5.69 Å². The van der Waals surface area contributed by atoms with Crippen molar-refractivity contribution < 1.29 is 36.3 Å². The molecular weight excluding hydrogens is 421 g/mol. The first-order valence-electron chi connectivity index (χ1n) is 8.72. The third-order valence-corrected chi connectivity index (χ3v) is 5.66. The van der Waals surface area contributed by atoms with Gasteiger partial charge in [0, 0.05) is 16.4 Å². The van der Waals surface area contributed by atoms with E-state index in [9.17, 15) is 26.8 Å². The van der Waals surface area contributed by atoms with Crippen LogP contribution in [0.25, 0.3) is 0 Å². The molecule has 3 rings (SSSR count). The Labute approximate surface area is 171 Å². The van der Waals surface area contributed by atoms with Gasteiger partial charge in [-0.15, -0.1) is 0 Å². The molecule has 10 heteroatoms. The van der Waals surface area contributed by atoms with Crippen LogP contribution in [0.1, 0.15) is 5.56 Å². The number of aromatic nitrogens is 1. The maximum absolute atomic E-state index is 12.9. The highest BCUT2D eigenvalue weighted by Gasteiger charge is 2.38. The van der Waals surface area contributed by atoms with Crippen molar-refractivity contribution in [3.05, 3.63) is 84.7 Å². The zero-order valence-corrected chi connectivity index (χ0v) is 16.3. The summed E-state index contributed by atoms with van der Waals surface area (Å²) < 4.78 is 70.6. The smallest absolute Gasteiger partial charge is 0.404 e. The number of benzene rings is 2. The molecule has 0 aliphatic carbocycles. The molecule has 2 aromatic carbocycles. The predicted molar refractivity (Wildman–Crippen MR) is 103 cm³/mol. The summed E-state index contributed by atoms with van der Waals surface area (Å²) in [5.74, 6) is -1.05. The van der Waals surface area contributed by atoms with Crippen molar-refractivity contribution in [1.82, 2.24) is 0 Å². The first-order valence-corrected chi connectivity index (χ1v) is 10.3. The van der Waals surface area contributed by atoms with Crippen molar-refractivity contribution >= 4 is 15.7 Å². The summed E-state index contributed by atoms with van der Waals surface area (Å²) >= 11 is 0. The Hall–Kier alpha value is -3.27. The zero-order chi connectivity index (χ0) is 21.8. The van der Waals surface area contributed by atoms with Crippen molar-refractivity contribution in [2.75, 3.05) is 10.1 Å². The van der Waals surface area contributed by atoms with Gasteiger partial charge in [-0.25, -0.2) is 8.42 Å². The Bertz CT molecular complexity index is 1090. The fourth-order valence-corrected chi connectivity index (χ4v) is 4.07. The standard InChI is InChI=1S/C20H18F3N2O4S/c21-20(22,23)15-30(27,28)25(14-16-5-4-12-24(26)13-16)17-8-10-19(11-9-17)29-18-6-2-1-3-7-18/h1-13,26H,14-15H2/q+1. The van der Waals surface area contributed by atoms with Gasteiger partial charge in [-0.05, 0) is 42.5 Å². The van der Waals surface area contributed by atoms with Gasteiger partial charge in [-0.2, -0.15) is 13.2 Å². The Morgan fingerprint density at radius 3 is 2.17 bits per heavy atom. The topological polar surface area (TPSA) is 70.7 Å². The minimum Gasteiger partial charge on any atom is -0.457 e. The number of sulfonamides is 1. The largest absolute Gasteiger partial charge is 0.457 e. The van der Waals surface area contributed by atoms with Gasteiger partial charge in [0.2, 0.25) is 22.4 Å². The van der Waals surface area contributed by atoms with E-state index in [2.05, 4.69) is 0 Å². The van der Waals surface area contributed by atoms with Gasteiger partial charge in [0.05, 0.1) is 12.2 Å². The normalized spacial score (nSPS) is 11.8. The second-order valence-electron chi connectivity index (χ2n) is 6.38. The van der Waals surface area contributed by atoms with E-state index in [0.29, 0.717) is 26.1 Å². The van der Waals surface area contributed by atoms with Crippen LogP contribution >= 0.6 is 0 Å². The highest BCUT2D eigenvalue weighted by molar-refractivity contribution is 7.92. The fraction of sp³-hybridized carbons (Fsp3) is 0.150. The number of rotatable bonds is 7. The highest BCUT2D eigenvalue weighted by Crippen LogP contribution is 2.29. The molecule has 0 atom stereocenters. The second-order valence-corrected chi connectivity index (χ2v) is 8.27. The Morgan fingerprint density at radius 1 is 0.933 bits per heavy atom. The lowest BCUT2D eigenvalue weighted by molar-refractivity contribution is -0.905. The molecule has 158 valence electrons. The molecule has 30 heavy (non-hydrogen) atoms. The average Bonchev–Trinajstić information content (AvgIpc) is 2.66. The van der Waals surface area contributed by atoms with E-state index >= 15 is 0 Å². The van der Waals surface area contributed by atoms with E-state index in [1.165, 1.54) is 48.8 Å². The minimum atomic E-state index is -4.90. The lowest BCUT2D eigenvalue weighted by Gasteiger charge is -2.25. The number of ether oxygens (including phenoxy) is 1. The van der Waals surface area contributed by atoms with Crippen LogP contribution < -0.4 is 13.8 Å². The first kappa shape index (κ1) is 21.4. The van der Waals surface area contributed by atoms with Gasteiger partial charge in [0.25, 0.3) is 0 Å². The minimum absolute atomic E-state index is 0.0352. The molecule has 0 saturated heterocycles. The van der Waals surface area contributed by atoms with Gasteiger partial charge in [-0.3, -0.25) is 9.51 Å². The van der Waals surface area contributed by atoms with Gasteiger partial charge in [-0.1, -0.05) is 18.2 Å². The number of nitrogens with zero attached hydrogens (tertiary/aromatic N) is 2. The summed E-state index contributed by atoms with van der Waals surface area (Å²) in [5, 5.41) is 9.51. The quantitative estimate of drug-likeness (QED) is 0.448. The number of alkyl halides is 3.